The Balaban J connectivity index is 2.54. The van der Waals surface area contributed by atoms with Gasteiger partial charge in [-0.15, -0.1) is 0 Å². The van der Waals surface area contributed by atoms with E-state index in [-0.39, 0.29) is 13.0 Å². The number of esters is 1. The van der Waals surface area contributed by atoms with Crippen molar-refractivity contribution in [2.45, 2.75) is 12.5 Å². The van der Waals surface area contributed by atoms with Gasteiger partial charge in [-0.3, -0.25) is 4.79 Å². The minimum atomic E-state index is -0.825. The summed E-state index contributed by atoms with van der Waals surface area (Å²) in [6.07, 6.45) is -0.569. The number of ether oxygens (including phenoxy) is 1. The summed E-state index contributed by atoms with van der Waals surface area (Å²) in [4.78, 5) is 20.6. The van der Waals surface area contributed by atoms with Crippen LogP contribution >= 0.6 is 0 Å². The molecule has 1 heterocycles. The van der Waals surface area contributed by atoms with Crippen molar-refractivity contribution in [1.29, 1.82) is 0 Å². The molecule has 9 heavy (non-hydrogen) atoms. The van der Waals surface area contributed by atoms with Gasteiger partial charge in [-0.1, -0.05) is 0 Å². The molecule has 0 unspecified atom stereocenters. The van der Waals surface area contributed by atoms with Gasteiger partial charge in [0.1, 0.15) is 6.10 Å². The molecule has 0 amide bonds. The molecule has 1 aliphatic rings. The van der Waals surface area contributed by atoms with Gasteiger partial charge < -0.3 is 9.84 Å². The second-order valence-electron chi connectivity index (χ2n) is 1.84. The van der Waals surface area contributed by atoms with Crippen LogP contribution in [-0.4, -0.2) is 29.6 Å². The number of carbonyl (C=O) groups excluding carboxylic acids is 2. The summed E-state index contributed by atoms with van der Waals surface area (Å²) in [6, 6.07) is 0. The van der Waals surface area contributed by atoms with Gasteiger partial charge in [0.05, 0.1) is 13.0 Å². The number of ketones is 1. The van der Waals surface area contributed by atoms with Gasteiger partial charge in [0.25, 0.3) is 0 Å². The fraction of sp³-hybridized carbons (Fsp3) is 0.600. The Morgan fingerprint density at radius 2 is 2.33 bits per heavy atom. The highest BCUT2D eigenvalue weighted by molar-refractivity contribution is 6.35. The van der Waals surface area contributed by atoms with Crippen molar-refractivity contribution in [2.75, 3.05) is 6.61 Å². The number of rotatable bonds is 1. The topological polar surface area (TPSA) is 63.6 Å². The Hall–Kier alpha value is -0.900. The van der Waals surface area contributed by atoms with E-state index in [1.54, 1.807) is 0 Å². The van der Waals surface area contributed by atoms with E-state index < -0.39 is 17.9 Å². The van der Waals surface area contributed by atoms with Gasteiger partial charge >= 0.3 is 5.97 Å². The molecule has 0 bridgehead atoms. The van der Waals surface area contributed by atoms with Crippen LogP contribution in [0.2, 0.25) is 0 Å². The van der Waals surface area contributed by atoms with Crippen molar-refractivity contribution >= 4 is 11.8 Å². The molecule has 0 aromatic heterocycles. The predicted molar refractivity (Wildman–Crippen MR) is 26.6 cm³/mol. The smallest absolute Gasteiger partial charge is 0.375 e. The molecule has 0 radical (unpaired) electrons. The maximum atomic E-state index is 10.4. The number of aliphatic hydroxyl groups is 1. The van der Waals surface area contributed by atoms with E-state index in [0.29, 0.717) is 0 Å². The molecule has 0 saturated carbocycles. The first-order valence-electron chi connectivity index (χ1n) is 2.58. The van der Waals surface area contributed by atoms with Gasteiger partial charge in [-0.2, -0.15) is 0 Å². The van der Waals surface area contributed by atoms with Crippen LogP contribution in [0.5, 0.6) is 0 Å². The molecule has 4 nitrogen and oxygen atoms in total. The molecule has 50 valence electrons. The normalized spacial score (nSPS) is 26.6. The molecule has 0 aromatic carbocycles. The number of carbonyl (C=O) groups is 2. The Kier molecular flexibility index (Phi) is 1.48. The average molecular weight is 130 g/mol. The van der Waals surface area contributed by atoms with Crippen molar-refractivity contribution in [1.82, 2.24) is 0 Å². The first kappa shape index (κ1) is 6.22. The number of cyclic esters (lactones) is 1. The first-order valence-corrected chi connectivity index (χ1v) is 2.58. The molecular weight excluding hydrogens is 124 g/mol. The first-order chi connectivity index (χ1) is 4.24. The number of hydrogen-bond donors (Lipinski definition) is 1. The van der Waals surface area contributed by atoms with Crippen molar-refractivity contribution in [2.24, 2.45) is 0 Å². The standard InChI is InChI=1S/C5H6O4/c6-2-3-1-4(7)5(8)9-3/h3,6H,1-2H2/t3-/m0/s1. The molecule has 1 fully saturated rings. The van der Waals surface area contributed by atoms with E-state index in [1.807, 2.05) is 0 Å². The molecule has 1 N–H and O–H groups in total. The molecule has 0 aromatic rings. The molecule has 1 rings (SSSR count). The Morgan fingerprint density at radius 1 is 1.67 bits per heavy atom. The van der Waals surface area contributed by atoms with E-state index in [2.05, 4.69) is 4.74 Å². The zero-order chi connectivity index (χ0) is 6.85. The lowest BCUT2D eigenvalue weighted by molar-refractivity contribution is -0.149. The molecule has 1 saturated heterocycles. The van der Waals surface area contributed by atoms with Crippen LogP contribution in [0.1, 0.15) is 6.42 Å². The average Bonchev–Trinajstić information content (AvgIpc) is 2.13. The summed E-state index contributed by atoms with van der Waals surface area (Å²) in [5.41, 5.74) is 0. The number of aliphatic hydroxyl groups excluding tert-OH is 1. The Morgan fingerprint density at radius 3 is 2.56 bits per heavy atom. The predicted octanol–water partition coefficient (Wildman–Crippen LogP) is -1.14. The maximum absolute atomic E-state index is 10.4. The molecule has 4 heteroatoms. The van der Waals surface area contributed by atoms with E-state index in [9.17, 15) is 9.59 Å². The van der Waals surface area contributed by atoms with Crippen LogP contribution in [0.4, 0.5) is 0 Å². The van der Waals surface area contributed by atoms with Crippen LogP contribution in [0, 0.1) is 0 Å². The van der Waals surface area contributed by atoms with Crippen LogP contribution in [0.15, 0.2) is 0 Å². The molecule has 1 aliphatic heterocycles. The van der Waals surface area contributed by atoms with Crippen LogP contribution in [0.25, 0.3) is 0 Å². The van der Waals surface area contributed by atoms with Gasteiger partial charge in [0, 0.05) is 0 Å². The minimum Gasteiger partial charge on any atom is -0.454 e. The zero-order valence-corrected chi connectivity index (χ0v) is 4.66. The lowest BCUT2D eigenvalue weighted by Crippen LogP contribution is -2.10. The highest BCUT2D eigenvalue weighted by Crippen LogP contribution is 2.08. The van der Waals surface area contributed by atoms with Crippen molar-refractivity contribution in [3.8, 4) is 0 Å². The Labute approximate surface area is 51.4 Å². The fourth-order valence-electron chi connectivity index (χ4n) is 0.651. The van der Waals surface area contributed by atoms with Crippen LogP contribution in [-0.2, 0) is 14.3 Å². The second-order valence-corrected chi connectivity index (χ2v) is 1.84. The highest BCUT2D eigenvalue weighted by Gasteiger charge is 2.31. The minimum absolute atomic E-state index is 0.0231. The summed E-state index contributed by atoms with van der Waals surface area (Å²) in [5.74, 6) is -1.37. The van der Waals surface area contributed by atoms with E-state index in [1.165, 1.54) is 0 Å². The van der Waals surface area contributed by atoms with Crippen molar-refractivity contribution in [3.05, 3.63) is 0 Å². The largest absolute Gasteiger partial charge is 0.454 e. The van der Waals surface area contributed by atoms with Gasteiger partial charge in [0.2, 0.25) is 5.78 Å². The van der Waals surface area contributed by atoms with Gasteiger partial charge in [0.15, 0.2) is 0 Å². The SMILES string of the molecule is O=C1C[C@@H](CO)OC1=O. The van der Waals surface area contributed by atoms with Crippen molar-refractivity contribution < 1.29 is 19.4 Å². The summed E-state index contributed by atoms with van der Waals surface area (Å²) < 4.78 is 4.38. The quantitative estimate of drug-likeness (QED) is 0.360. The third kappa shape index (κ3) is 1.08. The van der Waals surface area contributed by atoms with Crippen molar-refractivity contribution in [3.63, 3.8) is 0 Å². The van der Waals surface area contributed by atoms with Gasteiger partial charge in [-0.05, 0) is 0 Å². The molecule has 1 atom stereocenters. The Bertz CT molecular complexity index is 135. The summed E-state index contributed by atoms with van der Waals surface area (Å²) in [5, 5.41) is 8.37. The number of hydrogen-bond acceptors (Lipinski definition) is 4. The maximum Gasteiger partial charge on any atom is 0.375 e. The second kappa shape index (κ2) is 2.14. The zero-order valence-electron chi connectivity index (χ0n) is 4.66. The summed E-state index contributed by atoms with van der Waals surface area (Å²) in [7, 11) is 0. The lowest BCUT2D eigenvalue weighted by atomic mass is 10.2. The van der Waals surface area contributed by atoms with Gasteiger partial charge in [-0.25, -0.2) is 4.79 Å². The van der Waals surface area contributed by atoms with E-state index >= 15 is 0 Å². The van der Waals surface area contributed by atoms with E-state index in [0.717, 1.165) is 0 Å². The van der Waals surface area contributed by atoms with Crippen LogP contribution < -0.4 is 0 Å². The lowest BCUT2D eigenvalue weighted by Gasteiger charge is -1.99. The molecule has 0 aliphatic carbocycles. The highest BCUT2D eigenvalue weighted by atomic mass is 16.6. The number of Topliss-reactive ketones (excluding diaryl/α,β-unsaturated/α-hetero) is 1. The monoisotopic (exact) mass is 130 g/mol. The third-order valence-corrected chi connectivity index (χ3v) is 1.12. The fourth-order valence-corrected chi connectivity index (χ4v) is 0.651. The van der Waals surface area contributed by atoms with E-state index in [4.69, 9.17) is 5.11 Å². The summed E-state index contributed by atoms with van der Waals surface area (Å²) >= 11 is 0. The molecule has 0 spiro atoms. The third-order valence-electron chi connectivity index (χ3n) is 1.12. The summed E-state index contributed by atoms with van der Waals surface area (Å²) in [6.45, 7) is -0.266. The molecular formula is C5H6O4. The van der Waals surface area contributed by atoms with Crippen LogP contribution in [0.3, 0.4) is 0 Å².